The Morgan fingerprint density at radius 3 is 2.69 bits per heavy atom. The second-order valence-corrected chi connectivity index (χ2v) is 3.14. The third-order valence-electron chi connectivity index (χ3n) is 2.07. The van der Waals surface area contributed by atoms with Crippen molar-refractivity contribution in [1.82, 2.24) is 0 Å². The summed E-state index contributed by atoms with van der Waals surface area (Å²) in [5.74, 6) is 1.44. The summed E-state index contributed by atoms with van der Waals surface area (Å²) in [5, 5.41) is 8.60. The summed E-state index contributed by atoms with van der Waals surface area (Å²) in [6.07, 6.45) is 1.64. The molecule has 0 bridgehead atoms. The van der Waals surface area contributed by atoms with Crippen LogP contribution in [0.1, 0.15) is 25.3 Å². The van der Waals surface area contributed by atoms with E-state index in [4.69, 9.17) is 16.7 Å². The van der Waals surface area contributed by atoms with E-state index in [9.17, 15) is 9.59 Å². The third kappa shape index (κ3) is 1.92. The van der Waals surface area contributed by atoms with Crippen molar-refractivity contribution >= 4 is 11.6 Å². The molecule has 0 aromatic heterocycles. The van der Waals surface area contributed by atoms with Gasteiger partial charge in [-0.3, -0.25) is 15.5 Å². The standard InChI is InChI=1S/C11H9N2O3/c1-3-4-5-16-11-8(7(6-12)13-2)9(14)10(11)15/h3-5H2,1H3/q-1. The first-order valence-corrected chi connectivity index (χ1v) is 4.78. The molecule has 0 unspecified atom stereocenters. The second-order valence-electron chi connectivity index (χ2n) is 3.14. The zero-order valence-electron chi connectivity index (χ0n) is 8.74. The molecule has 0 fully saturated rings. The molecule has 5 nitrogen and oxygen atoms in total. The van der Waals surface area contributed by atoms with Crippen LogP contribution in [-0.4, -0.2) is 12.5 Å². The van der Waals surface area contributed by atoms with Crippen LogP contribution in [0.2, 0.25) is 0 Å². The molecule has 0 amide bonds. The average Bonchev–Trinajstić information content (AvgIpc) is 2.32. The summed E-state index contributed by atoms with van der Waals surface area (Å²) < 4.78 is 5.09. The molecular formula is C11H9N2O3-. The number of unbranched alkanes of at least 4 members (excludes halogenated alkanes) is 1. The quantitative estimate of drug-likeness (QED) is 0.319. The van der Waals surface area contributed by atoms with Gasteiger partial charge in [0.2, 0.25) is 11.1 Å². The highest BCUT2D eigenvalue weighted by molar-refractivity contribution is 5.97. The van der Waals surface area contributed by atoms with Crippen LogP contribution < -0.4 is 15.6 Å². The van der Waals surface area contributed by atoms with Gasteiger partial charge in [0, 0.05) is 0 Å². The van der Waals surface area contributed by atoms with E-state index >= 15 is 0 Å². The fourth-order valence-electron chi connectivity index (χ4n) is 1.18. The highest BCUT2D eigenvalue weighted by atomic mass is 16.5. The van der Waals surface area contributed by atoms with Crippen LogP contribution in [0.25, 0.3) is 16.0 Å². The van der Waals surface area contributed by atoms with Crippen molar-refractivity contribution in [3.8, 4) is 5.75 Å². The van der Waals surface area contributed by atoms with Crippen LogP contribution in [0, 0.1) is 6.57 Å². The van der Waals surface area contributed by atoms with Gasteiger partial charge in [-0.25, -0.2) is 4.85 Å². The van der Waals surface area contributed by atoms with Gasteiger partial charge in [-0.15, -0.1) is 0 Å². The van der Waals surface area contributed by atoms with E-state index in [1.807, 2.05) is 6.92 Å². The molecule has 0 aliphatic rings. The Labute approximate surface area is 92.0 Å². The molecule has 1 rings (SSSR count). The van der Waals surface area contributed by atoms with Crippen molar-refractivity contribution in [2.24, 2.45) is 0 Å². The number of hydrogen-bond donors (Lipinski definition) is 0. The van der Waals surface area contributed by atoms with E-state index in [0.29, 0.717) is 6.61 Å². The summed E-state index contributed by atoms with van der Waals surface area (Å²) >= 11 is 0. The average molecular weight is 217 g/mol. The maximum absolute atomic E-state index is 11.2. The van der Waals surface area contributed by atoms with E-state index in [-0.39, 0.29) is 17.0 Å². The lowest BCUT2D eigenvalue weighted by atomic mass is 10.1. The first-order valence-electron chi connectivity index (χ1n) is 4.78. The van der Waals surface area contributed by atoms with Gasteiger partial charge in [0.05, 0.1) is 18.7 Å². The number of rotatable bonds is 5. The minimum atomic E-state index is -0.806. The SMILES string of the molecule is [C-]#[N+]C(=C=[N-])c1c(OCCCC)c(=O)c1=O. The topological polar surface area (TPSA) is 70.0 Å². The highest BCUT2D eigenvalue weighted by Gasteiger charge is 2.24. The molecule has 1 aromatic rings. The van der Waals surface area contributed by atoms with Crippen LogP contribution in [0.15, 0.2) is 9.59 Å². The molecule has 0 saturated heterocycles. The molecular weight excluding hydrogens is 208 g/mol. The highest BCUT2D eigenvalue weighted by Crippen LogP contribution is 2.20. The second kappa shape index (κ2) is 5.06. The van der Waals surface area contributed by atoms with Gasteiger partial charge in [-0.05, 0) is 6.42 Å². The van der Waals surface area contributed by atoms with Gasteiger partial charge in [-0.1, -0.05) is 13.3 Å². The molecule has 0 heterocycles. The normalized spacial score (nSPS) is 9.50. The van der Waals surface area contributed by atoms with Crippen molar-refractivity contribution in [2.45, 2.75) is 19.8 Å². The minimum absolute atomic E-state index is 0.133. The molecule has 0 aliphatic carbocycles. The Morgan fingerprint density at radius 2 is 2.19 bits per heavy atom. The molecule has 0 aliphatic heterocycles. The maximum Gasteiger partial charge on any atom is 0.266 e. The lowest BCUT2D eigenvalue weighted by Crippen LogP contribution is -2.36. The van der Waals surface area contributed by atoms with Gasteiger partial charge in [0.1, 0.15) is 0 Å². The summed E-state index contributed by atoms with van der Waals surface area (Å²) in [4.78, 5) is 25.2. The Morgan fingerprint density at radius 1 is 1.50 bits per heavy atom. The van der Waals surface area contributed by atoms with Crippen molar-refractivity contribution < 1.29 is 4.74 Å². The molecule has 82 valence electrons. The Bertz CT molecular complexity index is 552. The van der Waals surface area contributed by atoms with Crippen molar-refractivity contribution in [3.05, 3.63) is 42.8 Å². The van der Waals surface area contributed by atoms with E-state index in [0.717, 1.165) is 12.8 Å². The van der Waals surface area contributed by atoms with E-state index < -0.39 is 10.9 Å². The van der Waals surface area contributed by atoms with Gasteiger partial charge in [0.25, 0.3) is 5.43 Å². The fraction of sp³-hybridized carbons (Fsp3) is 0.364. The summed E-state index contributed by atoms with van der Waals surface area (Å²) in [5.41, 5.74) is -2.10. The van der Waals surface area contributed by atoms with Crippen molar-refractivity contribution in [3.63, 3.8) is 0 Å². The molecule has 5 heteroatoms. The molecule has 0 radical (unpaired) electrons. The third-order valence-corrected chi connectivity index (χ3v) is 2.07. The zero-order valence-corrected chi connectivity index (χ0v) is 8.74. The lowest BCUT2D eigenvalue weighted by molar-refractivity contribution is 0.302. The van der Waals surface area contributed by atoms with Gasteiger partial charge in [0.15, 0.2) is 5.75 Å². The largest absolute Gasteiger partial charge is 0.775 e. The van der Waals surface area contributed by atoms with Gasteiger partial charge >= 0.3 is 0 Å². The number of hydrogen-bond acceptors (Lipinski definition) is 3. The molecule has 0 spiro atoms. The number of nitrogens with zero attached hydrogens (tertiary/aromatic N) is 2. The summed E-state index contributed by atoms with van der Waals surface area (Å²) in [7, 11) is 0. The Hall–Kier alpha value is -2.18. The van der Waals surface area contributed by atoms with Crippen LogP contribution >= 0.6 is 0 Å². The van der Waals surface area contributed by atoms with Crippen molar-refractivity contribution in [2.75, 3.05) is 6.61 Å². The van der Waals surface area contributed by atoms with Gasteiger partial charge in [-0.2, -0.15) is 0 Å². The van der Waals surface area contributed by atoms with E-state index in [1.54, 1.807) is 5.87 Å². The molecule has 0 N–H and O–H groups in total. The monoisotopic (exact) mass is 217 g/mol. The summed E-state index contributed by atoms with van der Waals surface area (Å²) in [6.45, 7) is 8.97. The van der Waals surface area contributed by atoms with Crippen LogP contribution in [0.5, 0.6) is 5.75 Å². The smallest absolute Gasteiger partial charge is 0.266 e. The van der Waals surface area contributed by atoms with E-state index in [1.165, 1.54) is 0 Å². The molecule has 0 atom stereocenters. The Balaban J connectivity index is 3.00. The minimum Gasteiger partial charge on any atom is -0.775 e. The predicted octanol–water partition coefficient (Wildman–Crippen LogP) is 0.961. The number of ether oxygens (including phenoxy) is 1. The zero-order chi connectivity index (χ0) is 12.1. The molecule has 1 aromatic carbocycles. The first kappa shape index (κ1) is 11.9. The Kier molecular flexibility index (Phi) is 3.76. The maximum atomic E-state index is 11.2. The van der Waals surface area contributed by atoms with Crippen LogP contribution in [0.4, 0.5) is 0 Å². The predicted molar refractivity (Wildman–Crippen MR) is 60.1 cm³/mol. The lowest BCUT2D eigenvalue weighted by Gasteiger charge is -2.10. The summed E-state index contributed by atoms with van der Waals surface area (Å²) in [6, 6.07) is 0. The molecule has 16 heavy (non-hydrogen) atoms. The van der Waals surface area contributed by atoms with Crippen molar-refractivity contribution in [1.29, 1.82) is 0 Å². The van der Waals surface area contributed by atoms with E-state index in [2.05, 4.69) is 4.85 Å². The fourth-order valence-corrected chi connectivity index (χ4v) is 1.18. The van der Waals surface area contributed by atoms with Gasteiger partial charge < -0.3 is 10.1 Å². The van der Waals surface area contributed by atoms with Crippen LogP contribution in [0.3, 0.4) is 0 Å². The first-order chi connectivity index (χ1) is 7.67. The van der Waals surface area contributed by atoms with Crippen LogP contribution in [-0.2, 0) is 0 Å². The molecule has 0 saturated carbocycles.